The molecule has 0 radical (unpaired) electrons. The van der Waals surface area contributed by atoms with Gasteiger partial charge in [0.2, 0.25) is 5.91 Å². The van der Waals surface area contributed by atoms with Gasteiger partial charge >= 0.3 is 0 Å². The molecule has 3 nitrogen and oxygen atoms in total. The number of carbonyl (C=O) groups excluding carboxylic acids is 1. The molecule has 2 aromatic heterocycles. The van der Waals surface area contributed by atoms with Crippen LogP contribution >= 0.6 is 18.5 Å². The van der Waals surface area contributed by atoms with Crippen LogP contribution in [0.15, 0.2) is 42.0 Å². The highest BCUT2D eigenvalue weighted by molar-refractivity contribution is 7.64. The molecule has 0 bridgehead atoms. The van der Waals surface area contributed by atoms with Gasteiger partial charge in [-0.2, -0.15) is 0 Å². The molecule has 0 spiro atoms. The molecule has 2 rings (SSSR count). The molecule has 2 heterocycles. The van der Waals surface area contributed by atoms with E-state index in [2.05, 4.69) is 0 Å². The van der Waals surface area contributed by atoms with Gasteiger partial charge in [-0.1, -0.05) is 19.9 Å². The summed E-state index contributed by atoms with van der Waals surface area (Å²) in [5.74, 6) is 0.00975. The maximum absolute atomic E-state index is 13.1. The van der Waals surface area contributed by atoms with Crippen LogP contribution in [0.25, 0.3) is 0 Å². The summed E-state index contributed by atoms with van der Waals surface area (Å²) in [6.45, 7) is 3.93. The van der Waals surface area contributed by atoms with E-state index in [1.165, 1.54) is 0 Å². The van der Waals surface area contributed by atoms with Gasteiger partial charge in [-0.3, -0.25) is 9.36 Å². The van der Waals surface area contributed by atoms with Gasteiger partial charge in [0.05, 0.1) is 12.8 Å². The standard InChI is InChI=1S/C15H20NO2PS/c1-3-19(18,4-2)13(14-8-7-11-20-14)12-15(17)16-9-5-6-10-16/h5-11,13H,3-4,12H2,1-2H3/t13-/m0/s1. The lowest BCUT2D eigenvalue weighted by molar-refractivity contribution is 0.0901. The van der Waals surface area contributed by atoms with E-state index in [-0.39, 0.29) is 11.6 Å². The van der Waals surface area contributed by atoms with Gasteiger partial charge < -0.3 is 4.57 Å². The third-order valence-corrected chi connectivity index (χ3v) is 8.67. The van der Waals surface area contributed by atoms with Crippen molar-refractivity contribution in [2.45, 2.75) is 25.9 Å². The van der Waals surface area contributed by atoms with Crippen molar-refractivity contribution in [3.63, 3.8) is 0 Å². The normalized spacial score (nSPS) is 13.3. The molecular formula is C15H20NO2PS. The molecule has 0 aliphatic rings. The van der Waals surface area contributed by atoms with Crippen molar-refractivity contribution < 1.29 is 9.36 Å². The van der Waals surface area contributed by atoms with Crippen molar-refractivity contribution in [2.24, 2.45) is 0 Å². The molecule has 0 saturated carbocycles. The Bertz CT molecular complexity index is 581. The van der Waals surface area contributed by atoms with Gasteiger partial charge in [-0.05, 0) is 35.9 Å². The lowest BCUT2D eigenvalue weighted by atomic mass is 10.2. The summed E-state index contributed by atoms with van der Waals surface area (Å²) >= 11 is 1.59. The summed E-state index contributed by atoms with van der Waals surface area (Å²) in [6.07, 6.45) is 5.09. The minimum Gasteiger partial charge on any atom is -0.323 e. The Hall–Kier alpha value is -1.12. The molecule has 0 amide bonds. The number of aromatic nitrogens is 1. The van der Waals surface area contributed by atoms with Crippen molar-refractivity contribution >= 4 is 24.4 Å². The van der Waals surface area contributed by atoms with Crippen molar-refractivity contribution in [1.82, 2.24) is 4.57 Å². The van der Waals surface area contributed by atoms with Crippen molar-refractivity contribution in [3.8, 4) is 0 Å². The van der Waals surface area contributed by atoms with E-state index in [0.29, 0.717) is 18.7 Å². The molecule has 0 saturated heterocycles. The first-order valence-corrected chi connectivity index (χ1v) is 9.90. The fourth-order valence-electron chi connectivity index (χ4n) is 2.42. The first-order chi connectivity index (χ1) is 9.60. The Morgan fingerprint density at radius 1 is 1.25 bits per heavy atom. The first kappa shape index (κ1) is 15.3. The predicted molar refractivity (Wildman–Crippen MR) is 85.4 cm³/mol. The van der Waals surface area contributed by atoms with Crippen molar-refractivity contribution in [2.75, 3.05) is 12.3 Å². The maximum atomic E-state index is 13.1. The molecular weight excluding hydrogens is 289 g/mol. The highest BCUT2D eigenvalue weighted by Gasteiger charge is 2.33. The van der Waals surface area contributed by atoms with Gasteiger partial charge in [-0.15, -0.1) is 11.3 Å². The van der Waals surface area contributed by atoms with Crippen LogP contribution in [0.4, 0.5) is 0 Å². The Morgan fingerprint density at radius 3 is 2.40 bits per heavy atom. The van der Waals surface area contributed by atoms with Crippen molar-refractivity contribution in [1.29, 1.82) is 0 Å². The summed E-state index contributed by atoms with van der Waals surface area (Å²) in [5, 5.41) is 1.98. The van der Waals surface area contributed by atoms with Gasteiger partial charge in [0.25, 0.3) is 0 Å². The smallest absolute Gasteiger partial charge is 0.231 e. The summed E-state index contributed by atoms with van der Waals surface area (Å²) in [6, 6.07) is 7.62. The van der Waals surface area contributed by atoms with Crippen LogP contribution in [-0.4, -0.2) is 22.8 Å². The third-order valence-electron chi connectivity index (χ3n) is 3.77. The van der Waals surface area contributed by atoms with E-state index in [4.69, 9.17) is 0 Å². The van der Waals surface area contributed by atoms with Crippen LogP contribution in [0.1, 0.15) is 35.6 Å². The molecule has 0 unspecified atom stereocenters. The maximum Gasteiger partial charge on any atom is 0.231 e. The molecule has 2 aromatic rings. The quantitative estimate of drug-likeness (QED) is 0.724. The van der Waals surface area contributed by atoms with Gasteiger partial charge in [0, 0.05) is 23.7 Å². The van der Waals surface area contributed by atoms with E-state index < -0.39 is 7.14 Å². The monoisotopic (exact) mass is 309 g/mol. The second-order valence-corrected chi connectivity index (χ2v) is 9.58. The average molecular weight is 309 g/mol. The van der Waals surface area contributed by atoms with E-state index in [1.807, 2.05) is 43.5 Å². The molecule has 0 aliphatic heterocycles. The molecule has 108 valence electrons. The van der Waals surface area contributed by atoms with E-state index >= 15 is 0 Å². The van der Waals surface area contributed by atoms with Gasteiger partial charge in [0.1, 0.15) is 0 Å². The molecule has 0 N–H and O–H groups in total. The van der Waals surface area contributed by atoms with E-state index in [0.717, 1.165) is 4.88 Å². The highest BCUT2D eigenvalue weighted by Crippen LogP contribution is 2.60. The first-order valence-electron chi connectivity index (χ1n) is 6.88. The summed E-state index contributed by atoms with van der Waals surface area (Å²) in [4.78, 5) is 13.4. The molecule has 5 heteroatoms. The summed E-state index contributed by atoms with van der Waals surface area (Å²) in [7, 11) is -2.36. The third kappa shape index (κ3) is 3.13. The minimum atomic E-state index is -2.36. The van der Waals surface area contributed by atoms with Crippen LogP contribution in [0, 0.1) is 0 Å². The molecule has 20 heavy (non-hydrogen) atoms. The Balaban J connectivity index is 2.29. The second kappa shape index (κ2) is 6.55. The zero-order valence-corrected chi connectivity index (χ0v) is 13.6. The van der Waals surface area contributed by atoms with Crippen LogP contribution in [-0.2, 0) is 4.57 Å². The van der Waals surface area contributed by atoms with Crippen LogP contribution in [0.5, 0.6) is 0 Å². The lowest BCUT2D eigenvalue weighted by Gasteiger charge is -2.24. The van der Waals surface area contributed by atoms with Crippen molar-refractivity contribution in [3.05, 3.63) is 46.9 Å². The Labute approximate surface area is 124 Å². The number of nitrogens with zero attached hydrogens (tertiary/aromatic N) is 1. The number of hydrogen-bond donors (Lipinski definition) is 0. The number of rotatable bonds is 6. The predicted octanol–water partition coefficient (Wildman–Crippen LogP) is 4.72. The van der Waals surface area contributed by atoms with Crippen LogP contribution in [0.2, 0.25) is 0 Å². The second-order valence-electron chi connectivity index (χ2n) is 4.80. The summed E-state index contributed by atoms with van der Waals surface area (Å²) < 4.78 is 14.7. The van der Waals surface area contributed by atoms with Gasteiger partial charge in [0.15, 0.2) is 0 Å². The fraction of sp³-hybridized carbons (Fsp3) is 0.400. The zero-order chi connectivity index (χ0) is 14.6. The lowest BCUT2D eigenvalue weighted by Crippen LogP contribution is -2.14. The topological polar surface area (TPSA) is 39.1 Å². The molecule has 0 aromatic carbocycles. The molecule has 1 atom stereocenters. The SMILES string of the molecule is CCP(=O)(CC)[C@@H](CC(=O)n1cccc1)c1cccs1. The van der Waals surface area contributed by atoms with Crippen LogP contribution < -0.4 is 0 Å². The highest BCUT2D eigenvalue weighted by atomic mass is 32.1. The summed E-state index contributed by atoms with van der Waals surface area (Å²) in [5.41, 5.74) is -0.146. The Morgan fingerprint density at radius 2 is 1.90 bits per heavy atom. The number of carbonyl (C=O) groups is 1. The minimum absolute atomic E-state index is 0.00975. The molecule has 0 aliphatic carbocycles. The largest absolute Gasteiger partial charge is 0.323 e. The van der Waals surface area contributed by atoms with E-state index in [1.54, 1.807) is 28.3 Å². The fourth-order valence-corrected chi connectivity index (χ4v) is 6.25. The van der Waals surface area contributed by atoms with Gasteiger partial charge in [-0.25, -0.2) is 0 Å². The zero-order valence-electron chi connectivity index (χ0n) is 11.9. The molecule has 0 fully saturated rings. The number of hydrogen-bond acceptors (Lipinski definition) is 3. The average Bonchev–Trinajstić information content (AvgIpc) is 3.15. The Kier molecular flexibility index (Phi) is 5.00. The van der Waals surface area contributed by atoms with Crippen LogP contribution in [0.3, 0.4) is 0 Å². The number of thiophene rings is 1. The van der Waals surface area contributed by atoms with E-state index in [9.17, 15) is 9.36 Å².